The van der Waals surface area contributed by atoms with Gasteiger partial charge in [0.1, 0.15) is 0 Å². The Morgan fingerprint density at radius 3 is 1.73 bits per heavy atom. The van der Waals surface area contributed by atoms with Gasteiger partial charge in [0.05, 0.1) is 44.7 Å². The van der Waals surface area contributed by atoms with Crippen molar-refractivity contribution in [2.24, 2.45) is 0 Å². The quantitative estimate of drug-likeness (QED) is 0.175. The summed E-state index contributed by atoms with van der Waals surface area (Å²) in [7, 11) is 0. The van der Waals surface area contributed by atoms with E-state index in [-0.39, 0.29) is 0 Å². The first-order valence-corrected chi connectivity index (χ1v) is 21.8. The molecule has 3 nitrogen and oxygen atoms in total. The lowest BCUT2D eigenvalue weighted by Gasteiger charge is -2.10. The summed E-state index contributed by atoms with van der Waals surface area (Å²) >= 11 is 0. The first-order chi connectivity index (χ1) is 30.9. The molecule has 0 atom stereocenters. The molecule has 0 amide bonds. The van der Waals surface area contributed by atoms with Gasteiger partial charge in [0.2, 0.25) is 0 Å². The topological polar surface area (TPSA) is 32.6 Å². The zero-order valence-electron chi connectivity index (χ0n) is 35.0. The Kier molecular flexibility index (Phi) is 6.70. The van der Waals surface area contributed by atoms with Crippen LogP contribution in [0.15, 0.2) is 170 Å². The van der Waals surface area contributed by atoms with Crippen molar-refractivity contribution in [1.82, 2.24) is 8.80 Å². The second-order valence-electron chi connectivity index (χ2n) is 17.9. The van der Waals surface area contributed by atoms with Crippen molar-refractivity contribution >= 4 is 97.7 Å². The van der Waals surface area contributed by atoms with Gasteiger partial charge in [-0.2, -0.15) is 5.26 Å². The van der Waals surface area contributed by atoms with Crippen molar-refractivity contribution < 1.29 is 0 Å². The molecule has 3 heteroatoms. The maximum Gasteiger partial charge on any atom is 0.0991 e. The third-order valence-electron chi connectivity index (χ3n) is 14.1. The number of hydrogen-bond acceptors (Lipinski definition) is 1. The van der Waals surface area contributed by atoms with E-state index in [2.05, 4.69) is 187 Å². The molecule has 0 bridgehead atoms. The van der Waals surface area contributed by atoms with Crippen LogP contribution in [-0.2, 0) is 0 Å². The van der Waals surface area contributed by atoms with Crippen molar-refractivity contribution in [2.75, 3.05) is 0 Å². The molecule has 0 saturated carbocycles. The normalized spacial score (nSPS) is 12.3. The fourth-order valence-corrected chi connectivity index (χ4v) is 11.4. The first kappa shape index (κ1) is 34.5. The van der Waals surface area contributed by atoms with Gasteiger partial charge in [-0.1, -0.05) is 114 Å². The van der Waals surface area contributed by atoms with Crippen LogP contribution in [-0.4, -0.2) is 8.80 Å². The SMILES string of the molecule is Cc1cc(C)cc(-c2ccc3c(c2)c2c(-c4ccc5cc6c7cccc8c9cc(-c%10cc(C#N)ccc%10C)ccc9n(c6cc5c4)c87)ccc4c5cc6ccccc6cc5n3c42)c1. The molecule has 4 heterocycles. The van der Waals surface area contributed by atoms with Crippen LogP contribution in [0.5, 0.6) is 0 Å². The van der Waals surface area contributed by atoms with Gasteiger partial charge in [0.15, 0.2) is 0 Å². The Morgan fingerprint density at radius 1 is 0.365 bits per heavy atom. The summed E-state index contributed by atoms with van der Waals surface area (Å²) in [6, 6.07) is 65.9. The van der Waals surface area contributed by atoms with E-state index >= 15 is 0 Å². The van der Waals surface area contributed by atoms with Crippen LogP contribution in [0.3, 0.4) is 0 Å². The summed E-state index contributed by atoms with van der Waals surface area (Å²) in [6.07, 6.45) is 0. The smallest absolute Gasteiger partial charge is 0.0991 e. The number of fused-ring (bicyclic) bond motifs is 14. The molecule has 0 aliphatic heterocycles. The number of rotatable bonds is 3. The monoisotopic (exact) mass is 799 g/mol. The lowest BCUT2D eigenvalue weighted by Crippen LogP contribution is -1.87. The standard InChI is InChI=1S/C60H37N3/c1-33-21-34(2)23-43(22-33)40-15-19-55-53(28-40)58-45(17-18-48-52-26-37-7-4-5-8-38(37)30-56(52)63(55)60(48)58)41-14-13-39-27-51-47-10-6-9-46-50-29-42(49-24-36(32-61)12-11-35(49)3)16-20-54(50)62(59(46)47)57(51)31-44(39)25-41/h4-31H,1-3H3. The Hall–Kier alpha value is -8.19. The molecule has 63 heavy (non-hydrogen) atoms. The number of benzene rings is 10. The van der Waals surface area contributed by atoms with E-state index in [9.17, 15) is 5.26 Å². The zero-order valence-corrected chi connectivity index (χ0v) is 35.0. The van der Waals surface area contributed by atoms with E-state index in [1.165, 1.54) is 131 Å². The lowest BCUT2D eigenvalue weighted by atomic mass is 9.93. The fourth-order valence-electron chi connectivity index (χ4n) is 11.4. The highest BCUT2D eigenvalue weighted by Crippen LogP contribution is 2.47. The average molecular weight is 800 g/mol. The largest absolute Gasteiger partial charge is 0.308 e. The van der Waals surface area contributed by atoms with Crippen molar-refractivity contribution in [3.05, 3.63) is 192 Å². The molecule has 0 aliphatic carbocycles. The van der Waals surface area contributed by atoms with Gasteiger partial charge in [0, 0.05) is 43.1 Å². The molecule has 292 valence electrons. The van der Waals surface area contributed by atoms with E-state index in [0.717, 1.165) is 16.7 Å². The zero-order chi connectivity index (χ0) is 41.8. The Morgan fingerprint density at radius 2 is 0.968 bits per heavy atom. The van der Waals surface area contributed by atoms with Gasteiger partial charge in [0.25, 0.3) is 0 Å². The van der Waals surface area contributed by atoms with Crippen LogP contribution in [0.4, 0.5) is 0 Å². The number of aryl methyl sites for hydroxylation is 3. The third kappa shape index (κ3) is 4.67. The molecule has 14 aromatic rings. The number of nitriles is 1. The second kappa shape index (κ2) is 12.2. The molecule has 0 spiro atoms. The molecule has 0 fully saturated rings. The highest BCUT2D eigenvalue weighted by Gasteiger charge is 2.23. The lowest BCUT2D eigenvalue weighted by molar-refractivity contribution is 1.37. The minimum atomic E-state index is 0.678. The number of nitrogens with zero attached hydrogens (tertiary/aromatic N) is 3. The molecule has 14 rings (SSSR count). The molecule has 0 unspecified atom stereocenters. The Balaban J connectivity index is 1.02. The third-order valence-corrected chi connectivity index (χ3v) is 14.1. The van der Waals surface area contributed by atoms with Crippen molar-refractivity contribution in [3.63, 3.8) is 0 Å². The van der Waals surface area contributed by atoms with Crippen molar-refractivity contribution in [2.45, 2.75) is 20.8 Å². The van der Waals surface area contributed by atoms with Crippen LogP contribution < -0.4 is 0 Å². The maximum atomic E-state index is 9.68. The summed E-state index contributed by atoms with van der Waals surface area (Å²) in [6.45, 7) is 6.50. The van der Waals surface area contributed by atoms with Crippen molar-refractivity contribution in [3.8, 4) is 39.4 Å². The summed E-state index contributed by atoms with van der Waals surface area (Å²) < 4.78 is 5.00. The van der Waals surface area contributed by atoms with Gasteiger partial charge in [-0.05, 0) is 148 Å². The van der Waals surface area contributed by atoms with Crippen molar-refractivity contribution in [1.29, 1.82) is 5.26 Å². The van der Waals surface area contributed by atoms with E-state index < -0.39 is 0 Å². The highest BCUT2D eigenvalue weighted by molar-refractivity contribution is 6.29. The van der Waals surface area contributed by atoms with Crippen LogP contribution in [0.1, 0.15) is 22.3 Å². The van der Waals surface area contributed by atoms with Gasteiger partial charge < -0.3 is 8.80 Å². The summed E-state index contributed by atoms with van der Waals surface area (Å²) in [5.74, 6) is 0. The fraction of sp³-hybridized carbons (Fsp3) is 0.0500. The number of hydrogen-bond donors (Lipinski definition) is 0. The van der Waals surface area contributed by atoms with Gasteiger partial charge in [-0.15, -0.1) is 0 Å². The van der Waals surface area contributed by atoms with Crippen LogP contribution in [0, 0.1) is 32.1 Å². The highest BCUT2D eigenvalue weighted by atomic mass is 14.9. The predicted molar refractivity (Wildman–Crippen MR) is 266 cm³/mol. The Labute approximate surface area is 362 Å². The molecule has 4 aromatic heterocycles. The van der Waals surface area contributed by atoms with E-state index in [1.807, 2.05) is 18.2 Å². The molecular formula is C60H37N3. The van der Waals surface area contributed by atoms with Gasteiger partial charge >= 0.3 is 0 Å². The molecule has 0 radical (unpaired) electrons. The van der Waals surface area contributed by atoms with E-state index in [4.69, 9.17) is 0 Å². The average Bonchev–Trinajstić information content (AvgIpc) is 4.03. The predicted octanol–water partition coefficient (Wildman–Crippen LogP) is 16.1. The van der Waals surface area contributed by atoms with Gasteiger partial charge in [-0.25, -0.2) is 0 Å². The van der Waals surface area contributed by atoms with E-state index in [1.54, 1.807) is 0 Å². The minimum Gasteiger partial charge on any atom is -0.308 e. The first-order valence-electron chi connectivity index (χ1n) is 21.8. The molecular weight excluding hydrogens is 763 g/mol. The van der Waals surface area contributed by atoms with Crippen LogP contribution in [0.2, 0.25) is 0 Å². The van der Waals surface area contributed by atoms with Gasteiger partial charge in [-0.3, -0.25) is 0 Å². The molecule has 0 saturated heterocycles. The minimum absolute atomic E-state index is 0.678. The molecule has 10 aromatic carbocycles. The number of aromatic nitrogens is 2. The second-order valence-corrected chi connectivity index (χ2v) is 17.9. The van der Waals surface area contributed by atoms with E-state index in [0.29, 0.717) is 5.56 Å². The summed E-state index contributed by atoms with van der Waals surface area (Å²) in [5, 5.41) is 24.8. The molecule has 0 aliphatic rings. The number of para-hydroxylation sites is 1. The summed E-state index contributed by atoms with van der Waals surface area (Å²) in [5.41, 5.74) is 19.0. The van der Waals surface area contributed by atoms with Crippen LogP contribution >= 0.6 is 0 Å². The maximum absolute atomic E-state index is 9.68. The summed E-state index contributed by atoms with van der Waals surface area (Å²) in [4.78, 5) is 0. The van der Waals surface area contributed by atoms with Crippen LogP contribution in [0.25, 0.3) is 131 Å². The Bertz CT molecular complexity index is 4340. The molecule has 0 N–H and O–H groups in total.